The van der Waals surface area contributed by atoms with Crippen molar-refractivity contribution in [3.8, 4) is 0 Å². The fourth-order valence-corrected chi connectivity index (χ4v) is 3.83. The van der Waals surface area contributed by atoms with E-state index in [1.807, 2.05) is 13.8 Å². The third-order valence-electron chi connectivity index (χ3n) is 3.30. The normalized spacial score (nSPS) is 19.1. The molecule has 5 nitrogen and oxygen atoms in total. The highest BCUT2D eigenvalue weighted by Gasteiger charge is 2.32. The van der Waals surface area contributed by atoms with Crippen molar-refractivity contribution in [2.45, 2.75) is 39.2 Å². The molecule has 0 atom stereocenters. The van der Waals surface area contributed by atoms with Gasteiger partial charge in [0, 0.05) is 26.2 Å². The quantitative estimate of drug-likeness (QED) is 0.765. The lowest BCUT2D eigenvalue weighted by atomic mass is 10.1. The molecule has 0 aromatic rings. The minimum atomic E-state index is -3.27. The minimum Gasteiger partial charge on any atom is -0.317 e. The first-order valence-corrected chi connectivity index (χ1v) is 7.87. The summed E-state index contributed by atoms with van der Waals surface area (Å²) in [5, 5.41) is 3.27. The summed E-state index contributed by atoms with van der Waals surface area (Å²) in [6.45, 7) is 6.86. The lowest BCUT2D eigenvalue weighted by Crippen LogP contribution is -2.50. The number of nitrogens with zero attached hydrogens (tertiary/aromatic N) is 2. The molecule has 1 rings (SSSR count). The summed E-state index contributed by atoms with van der Waals surface area (Å²) in [6.07, 6.45) is 2.69. The minimum absolute atomic E-state index is 0.162. The summed E-state index contributed by atoms with van der Waals surface area (Å²) in [4.78, 5) is 0. The predicted molar refractivity (Wildman–Crippen MR) is 70.1 cm³/mol. The second kappa shape index (κ2) is 6.68. The number of nitrogens with one attached hydrogen (secondary N) is 1. The van der Waals surface area contributed by atoms with Crippen molar-refractivity contribution in [3.05, 3.63) is 0 Å². The Bertz CT molecular complexity index is 313. The first kappa shape index (κ1) is 14.9. The van der Waals surface area contributed by atoms with Gasteiger partial charge in [0.05, 0.1) is 0 Å². The summed E-state index contributed by atoms with van der Waals surface area (Å²) in [5.41, 5.74) is 0. The molecule has 102 valence electrons. The Labute approximate surface area is 105 Å². The van der Waals surface area contributed by atoms with Crippen LogP contribution in [0.15, 0.2) is 0 Å². The van der Waals surface area contributed by atoms with E-state index in [1.165, 1.54) is 4.31 Å². The van der Waals surface area contributed by atoms with Crippen LogP contribution in [0.3, 0.4) is 0 Å². The van der Waals surface area contributed by atoms with E-state index in [0.29, 0.717) is 13.1 Å². The Hall–Kier alpha value is -0.170. The van der Waals surface area contributed by atoms with E-state index in [9.17, 15) is 8.42 Å². The first-order chi connectivity index (χ1) is 8.04. The van der Waals surface area contributed by atoms with Gasteiger partial charge in [-0.05, 0) is 32.4 Å². The molecule has 1 heterocycles. The fraction of sp³-hybridized carbons (Fsp3) is 1.00. The van der Waals surface area contributed by atoms with Crippen molar-refractivity contribution in [2.75, 3.05) is 33.2 Å². The lowest BCUT2D eigenvalue weighted by Gasteiger charge is -2.35. The number of rotatable bonds is 6. The maximum absolute atomic E-state index is 12.4. The van der Waals surface area contributed by atoms with Crippen molar-refractivity contribution in [1.82, 2.24) is 13.9 Å². The topological polar surface area (TPSA) is 52.7 Å². The molecule has 17 heavy (non-hydrogen) atoms. The molecule has 1 fully saturated rings. The summed E-state index contributed by atoms with van der Waals surface area (Å²) < 4.78 is 27.9. The van der Waals surface area contributed by atoms with Gasteiger partial charge in [0.25, 0.3) is 10.2 Å². The van der Waals surface area contributed by atoms with Crippen LogP contribution in [0.5, 0.6) is 0 Å². The second-order valence-electron chi connectivity index (χ2n) is 4.51. The fourth-order valence-electron chi connectivity index (χ4n) is 2.14. The molecule has 0 amide bonds. The highest BCUT2D eigenvalue weighted by Crippen LogP contribution is 2.18. The number of hydrogen-bond acceptors (Lipinski definition) is 3. The van der Waals surface area contributed by atoms with Crippen molar-refractivity contribution >= 4 is 10.2 Å². The van der Waals surface area contributed by atoms with Crippen molar-refractivity contribution in [2.24, 2.45) is 0 Å². The third-order valence-corrected chi connectivity index (χ3v) is 5.41. The van der Waals surface area contributed by atoms with Gasteiger partial charge in [-0.15, -0.1) is 0 Å². The Balaban J connectivity index is 2.83. The molecule has 0 unspecified atom stereocenters. The van der Waals surface area contributed by atoms with Crippen LogP contribution in [0, 0.1) is 0 Å². The zero-order valence-corrected chi connectivity index (χ0v) is 12.0. The van der Waals surface area contributed by atoms with Crippen LogP contribution in [0.2, 0.25) is 0 Å². The summed E-state index contributed by atoms with van der Waals surface area (Å²) in [7, 11) is -1.62. The first-order valence-electron chi connectivity index (χ1n) is 6.47. The van der Waals surface area contributed by atoms with Gasteiger partial charge in [0.15, 0.2) is 0 Å². The molecule has 0 aromatic heterocycles. The number of piperidine rings is 1. The average Bonchev–Trinajstić information content (AvgIpc) is 2.35. The maximum Gasteiger partial charge on any atom is 0.281 e. The molecule has 1 saturated heterocycles. The van der Waals surface area contributed by atoms with Crippen molar-refractivity contribution in [3.63, 3.8) is 0 Å². The van der Waals surface area contributed by atoms with Crippen molar-refractivity contribution < 1.29 is 8.42 Å². The lowest BCUT2D eigenvalue weighted by molar-refractivity contribution is 0.247. The van der Waals surface area contributed by atoms with Gasteiger partial charge in [-0.2, -0.15) is 17.0 Å². The van der Waals surface area contributed by atoms with Crippen LogP contribution < -0.4 is 5.32 Å². The van der Waals surface area contributed by atoms with Crippen LogP contribution in [0.25, 0.3) is 0 Å². The molecule has 1 aliphatic rings. The summed E-state index contributed by atoms with van der Waals surface area (Å²) in [5.74, 6) is 0. The Morgan fingerprint density at radius 3 is 2.29 bits per heavy atom. The molecule has 0 saturated carbocycles. The number of hydrogen-bond donors (Lipinski definition) is 1. The van der Waals surface area contributed by atoms with Crippen LogP contribution in [-0.4, -0.2) is 56.3 Å². The molecule has 0 bridgehead atoms. The van der Waals surface area contributed by atoms with E-state index >= 15 is 0 Å². The average molecular weight is 263 g/mol. The Morgan fingerprint density at radius 2 is 1.82 bits per heavy atom. The van der Waals surface area contributed by atoms with Gasteiger partial charge in [-0.1, -0.05) is 13.8 Å². The SMILES string of the molecule is CCCN(C1CCNCC1)S(=O)(=O)N(C)CC. The van der Waals surface area contributed by atoms with E-state index in [4.69, 9.17) is 0 Å². The largest absolute Gasteiger partial charge is 0.317 e. The summed E-state index contributed by atoms with van der Waals surface area (Å²) >= 11 is 0. The smallest absolute Gasteiger partial charge is 0.281 e. The van der Waals surface area contributed by atoms with Gasteiger partial charge >= 0.3 is 0 Å². The molecule has 0 spiro atoms. The molecule has 1 aliphatic heterocycles. The Morgan fingerprint density at radius 1 is 1.24 bits per heavy atom. The van der Waals surface area contributed by atoms with Crippen LogP contribution in [0.4, 0.5) is 0 Å². The molecule has 0 aliphatic carbocycles. The maximum atomic E-state index is 12.4. The molecular weight excluding hydrogens is 238 g/mol. The third kappa shape index (κ3) is 3.64. The van der Waals surface area contributed by atoms with Crippen LogP contribution in [-0.2, 0) is 10.2 Å². The molecule has 0 aromatic carbocycles. The van der Waals surface area contributed by atoms with Crippen LogP contribution in [0.1, 0.15) is 33.1 Å². The van der Waals surface area contributed by atoms with Gasteiger partial charge in [-0.3, -0.25) is 0 Å². The molecular formula is C11H25N3O2S. The Kier molecular flexibility index (Phi) is 5.85. The van der Waals surface area contributed by atoms with Gasteiger partial charge < -0.3 is 5.32 Å². The van der Waals surface area contributed by atoms with Crippen molar-refractivity contribution in [1.29, 1.82) is 0 Å². The highest BCUT2D eigenvalue weighted by atomic mass is 32.2. The van der Waals surface area contributed by atoms with E-state index in [1.54, 1.807) is 11.4 Å². The summed E-state index contributed by atoms with van der Waals surface area (Å²) in [6, 6.07) is 0.162. The highest BCUT2D eigenvalue weighted by molar-refractivity contribution is 7.86. The zero-order chi connectivity index (χ0) is 12.9. The van der Waals surface area contributed by atoms with E-state index < -0.39 is 10.2 Å². The van der Waals surface area contributed by atoms with Crippen LogP contribution >= 0.6 is 0 Å². The van der Waals surface area contributed by atoms with Gasteiger partial charge in [0.1, 0.15) is 0 Å². The van der Waals surface area contributed by atoms with E-state index in [2.05, 4.69) is 5.32 Å². The van der Waals surface area contributed by atoms with Gasteiger partial charge in [0.2, 0.25) is 0 Å². The van der Waals surface area contributed by atoms with E-state index in [0.717, 1.165) is 32.4 Å². The standard InChI is InChI=1S/C11H25N3O2S/c1-4-10-14(11-6-8-12-9-7-11)17(15,16)13(3)5-2/h11-12H,4-10H2,1-3H3. The molecule has 1 N–H and O–H groups in total. The molecule has 6 heteroatoms. The predicted octanol–water partition coefficient (Wildman–Crippen LogP) is 0.647. The monoisotopic (exact) mass is 263 g/mol. The molecule has 0 radical (unpaired) electrons. The second-order valence-corrected chi connectivity index (χ2v) is 6.50. The van der Waals surface area contributed by atoms with Gasteiger partial charge in [-0.25, -0.2) is 0 Å². The zero-order valence-electron chi connectivity index (χ0n) is 11.1. The van der Waals surface area contributed by atoms with E-state index in [-0.39, 0.29) is 6.04 Å².